The van der Waals surface area contributed by atoms with Gasteiger partial charge < -0.3 is 5.32 Å². The zero-order valence-electron chi connectivity index (χ0n) is 10.7. The Kier molecular flexibility index (Phi) is 3.79. The SMILES string of the molecule is Cc1cccc(C(F)(F)F)c1C(=O)Nc1ccccc1. The van der Waals surface area contributed by atoms with Gasteiger partial charge in [-0.1, -0.05) is 30.3 Å². The maximum Gasteiger partial charge on any atom is 0.417 e. The van der Waals surface area contributed by atoms with Gasteiger partial charge in [0.15, 0.2) is 0 Å². The molecule has 0 aliphatic heterocycles. The highest BCUT2D eigenvalue weighted by atomic mass is 19.4. The summed E-state index contributed by atoms with van der Waals surface area (Å²) in [6, 6.07) is 12.0. The average Bonchev–Trinajstić information content (AvgIpc) is 2.38. The van der Waals surface area contributed by atoms with Gasteiger partial charge in [0.1, 0.15) is 0 Å². The Morgan fingerprint density at radius 3 is 2.25 bits per heavy atom. The van der Waals surface area contributed by atoms with Crippen molar-refractivity contribution >= 4 is 11.6 Å². The second kappa shape index (κ2) is 5.36. The maximum absolute atomic E-state index is 12.9. The lowest BCUT2D eigenvalue weighted by molar-refractivity contribution is -0.137. The van der Waals surface area contributed by atoms with E-state index in [4.69, 9.17) is 0 Å². The fraction of sp³-hybridized carbons (Fsp3) is 0.133. The first-order valence-electron chi connectivity index (χ1n) is 5.93. The van der Waals surface area contributed by atoms with Crippen LogP contribution >= 0.6 is 0 Å². The first-order valence-corrected chi connectivity index (χ1v) is 5.93. The molecule has 0 unspecified atom stereocenters. The Morgan fingerprint density at radius 1 is 1.00 bits per heavy atom. The van der Waals surface area contributed by atoms with Gasteiger partial charge in [0.25, 0.3) is 5.91 Å². The summed E-state index contributed by atoms with van der Waals surface area (Å²) in [4.78, 5) is 12.1. The van der Waals surface area contributed by atoms with Crippen LogP contribution in [0.5, 0.6) is 0 Å². The summed E-state index contributed by atoms with van der Waals surface area (Å²) < 4.78 is 38.8. The fourth-order valence-corrected chi connectivity index (χ4v) is 1.92. The third-order valence-corrected chi connectivity index (χ3v) is 2.84. The number of carbonyl (C=O) groups excluding carboxylic acids is 1. The predicted molar refractivity (Wildman–Crippen MR) is 70.6 cm³/mol. The van der Waals surface area contributed by atoms with Gasteiger partial charge in [-0.25, -0.2) is 0 Å². The van der Waals surface area contributed by atoms with E-state index in [-0.39, 0.29) is 11.1 Å². The molecule has 0 aliphatic rings. The van der Waals surface area contributed by atoms with E-state index in [1.165, 1.54) is 19.1 Å². The summed E-state index contributed by atoms with van der Waals surface area (Å²) in [6.45, 7) is 1.48. The van der Waals surface area contributed by atoms with E-state index in [2.05, 4.69) is 5.32 Å². The van der Waals surface area contributed by atoms with Crippen LogP contribution in [0.25, 0.3) is 0 Å². The molecule has 2 nitrogen and oxygen atoms in total. The van der Waals surface area contributed by atoms with Crippen molar-refractivity contribution in [3.05, 3.63) is 65.2 Å². The van der Waals surface area contributed by atoms with Crippen LogP contribution in [0.2, 0.25) is 0 Å². The Bertz CT molecular complexity index is 621. The molecule has 0 atom stereocenters. The Morgan fingerprint density at radius 2 is 1.65 bits per heavy atom. The quantitative estimate of drug-likeness (QED) is 0.874. The van der Waals surface area contributed by atoms with Gasteiger partial charge in [-0.05, 0) is 30.7 Å². The van der Waals surface area contributed by atoms with Crippen molar-refractivity contribution in [3.63, 3.8) is 0 Å². The summed E-state index contributed by atoms with van der Waals surface area (Å²) in [5.41, 5.74) is -0.531. The van der Waals surface area contributed by atoms with Crippen LogP contribution in [-0.4, -0.2) is 5.91 Å². The normalized spacial score (nSPS) is 11.2. The Hall–Kier alpha value is -2.30. The molecule has 0 aliphatic carbocycles. The number of benzene rings is 2. The molecule has 0 spiro atoms. The molecule has 5 heteroatoms. The minimum Gasteiger partial charge on any atom is -0.322 e. The number of aryl methyl sites for hydroxylation is 1. The predicted octanol–water partition coefficient (Wildman–Crippen LogP) is 4.27. The molecule has 0 fully saturated rings. The number of para-hydroxylation sites is 1. The van der Waals surface area contributed by atoms with Crippen LogP contribution in [-0.2, 0) is 6.18 Å². The number of amides is 1. The number of nitrogens with one attached hydrogen (secondary N) is 1. The van der Waals surface area contributed by atoms with Gasteiger partial charge >= 0.3 is 6.18 Å². The molecule has 2 aromatic rings. The molecule has 0 bridgehead atoms. The molecule has 0 heterocycles. The zero-order valence-corrected chi connectivity index (χ0v) is 10.7. The maximum atomic E-state index is 12.9. The second-order valence-corrected chi connectivity index (χ2v) is 4.32. The lowest BCUT2D eigenvalue weighted by atomic mass is 10.0. The molecular formula is C15H12F3NO. The highest BCUT2D eigenvalue weighted by Crippen LogP contribution is 2.33. The van der Waals surface area contributed by atoms with Crippen molar-refractivity contribution in [1.29, 1.82) is 0 Å². The van der Waals surface area contributed by atoms with E-state index in [9.17, 15) is 18.0 Å². The van der Waals surface area contributed by atoms with Gasteiger partial charge in [0, 0.05) is 5.69 Å². The number of carbonyl (C=O) groups is 1. The van der Waals surface area contributed by atoms with E-state index in [1.807, 2.05) is 0 Å². The van der Waals surface area contributed by atoms with Crippen molar-refractivity contribution in [2.75, 3.05) is 5.32 Å². The number of hydrogen-bond acceptors (Lipinski definition) is 1. The Labute approximate surface area is 114 Å². The summed E-state index contributed by atoms with van der Waals surface area (Å²) in [7, 11) is 0. The number of hydrogen-bond donors (Lipinski definition) is 1. The molecule has 0 aromatic heterocycles. The topological polar surface area (TPSA) is 29.1 Å². The summed E-state index contributed by atoms with van der Waals surface area (Å²) in [6.07, 6.45) is -4.56. The van der Waals surface area contributed by atoms with Crippen molar-refractivity contribution in [1.82, 2.24) is 0 Å². The molecule has 2 rings (SSSR count). The highest BCUT2D eigenvalue weighted by molar-refractivity contribution is 6.06. The van der Waals surface area contributed by atoms with Gasteiger partial charge in [0.05, 0.1) is 11.1 Å². The standard InChI is InChI=1S/C15H12F3NO/c1-10-6-5-9-12(15(16,17)18)13(10)14(20)19-11-7-3-2-4-8-11/h2-9H,1H3,(H,19,20). The van der Waals surface area contributed by atoms with Gasteiger partial charge in [-0.15, -0.1) is 0 Å². The minimum absolute atomic E-state index is 0.285. The van der Waals surface area contributed by atoms with Crippen molar-refractivity contribution in [2.45, 2.75) is 13.1 Å². The summed E-state index contributed by atoms with van der Waals surface area (Å²) >= 11 is 0. The highest BCUT2D eigenvalue weighted by Gasteiger charge is 2.35. The number of halogens is 3. The minimum atomic E-state index is -4.56. The van der Waals surface area contributed by atoms with Gasteiger partial charge in [0.2, 0.25) is 0 Å². The first kappa shape index (κ1) is 14.1. The van der Waals surface area contributed by atoms with E-state index in [0.29, 0.717) is 5.69 Å². The molecule has 1 N–H and O–H groups in total. The molecule has 0 radical (unpaired) electrons. The van der Waals surface area contributed by atoms with Crippen molar-refractivity contribution in [2.24, 2.45) is 0 Å². The number of alkyl halides is 3. The largest absolute Gasteiger partial charge is 0.417 e. The summed E-state index contributed by atoms with van der Waals surface area (Å²) in [5, 5.41) is 2.47. The third kappa shape index (κ3) is 2.99. The molecule has 104 valence electrons. The zero-order chi connectivity index (χ0) is 14.8. The van der Waals surface area contributed by atoms with Gasteiger partial charge in [-0.3, -0.25) is 4.79 Å². The molecule has 2 aromatic carbocycles. The van der Waals surface area contributed by atoms with Gasteiger partial charge in [-0.2, -0.15) is 13.2 Å². The molecule has 1 amide bonds. The van der Waals surface area contributed by atoms with E-state index < -0.39 is 17.6 Å². The number of anilines is 1. The summed E-state index contributed by atoms with van der Waals surface area (Å²) in [5.74, 6) is -0.762. The van der Waals surface area contributed by atoms with Crippen molar-refractivity contribution in [3.8, 4) is 0 Å². The third-order valence-electron chi connectivity index (χ3n) is 2.84. The van der Waals surface area contributed by atoms with E-state index in [0.717, 1.165) is 6.07 Å². The van der Waals surface area contributed by atoms with Crippen LogP contribution in [0.4, 0.5) is 18.9 Å². The van der Waals surface area contributed by atoms with Crippen LogP contribution in [0.1, 0.15) is 21.5 Å². The van der Waals surface area contributed by atoms with Crippen LogP contribution < -0.4 is 5.32 Å². The number of rotatable bonds is 2. The molecular weight excluding hydrogens is 267 g/mol. The first-order chi connectivity index (χ1) is 9.39. The monoisotopic (exact) mass is 279 g/mol. The molecule has 0 saturated heterocycles. The van der Waals surface area contributed by atoms with E-state index >= 15 is 0 Å². The van der Waals surface area contributed by atoms with Crippen LogP contribution in [0.15, 0.2) is 48.5 Å². The lowest BCUT2D eigenvalue weighted by Gasteiger charge is -2.15. The lowest BCUT2D eigenvalue weighted by Crippen LogP contribution is -2.20. The Balaban J connectivity index is 2.40. The van der Waals surface area contributed by atoms with Crippen LogP contribution in [0, 0.1) is 6.92 Å². The van der Waals surface area contributed by atoms with Crippen LogP contribution in [0.3, 0.4) is 0 Å². The molecule has 20 heavy (non-hydrogen) atoms. The molecule has 0 saturated carbocycles. The average molecular weight is 279 g/mol. The van der Waals surface area contributed by atoms with E-state index in [1.54, 1.807) is 30.3 Å². The van der Waals surface area contributed by atoms with Crippen molar-refractivity contribution < 1.29 is 18.0 Å². The smallest absolute Gasteiger partial charge is 0.322 e. The second-order valence-electron chi connectivity index (χ2n) is 4.32. The fourth-order valence-electron chi connectivity index (χ4n) is 1.92.